The summed E-state index contributed by atoms with van der Waals surface area (Å²) >= 11 is 1.62. The van der Waals surface area contributed by atoms with Gasteiger partial charge >= 0.3 is 0 Å². The van der Waals surface area contributed by atoms with E-state index < -0.39 is 0 Å². The van der Waals surface area contributed by atoms with Gasteiger partial charge in [0, 0.05) is 25.0 Å². The van der Waals surface area contributed by atoms with E-state index in [1.165, 1.54) is 12.0 Å². The summed E-state index contributed by atoms with van der Waals surface area (Å²) in [5, 5.41) is 3.01. The highest BCUT2D eigenvalue weighted by atomic mass is 32.1. The van der Waals surface area contributed by atoms with Gasteiger partial charge in [-0.3, -0.25) is 4.90 Å². The van der Waals surface area contributed by atoms with Gasteiger partial charge in [-0.05, 0) is 5.56 Å². The maximum absolute atomic E-state index is 5.93. The third kappa shape index (κ3) is 3.34. The van der Waals surface area contributed by atoms with Gasteiger partial charge in [0.05, 0.1) is 6.61 Å². The zero-order valence-electron chi connectivity index (χ0n) is 12.6. The van der Waals surface area contributed by atoms with Crippen LogP contribution >= 0.6 is 11.3 Å². The first-order valence-electron chi connectivity index (χ1n) is 7.60. The Hall–Kier alpha value is -2.02. The fourth-order valence-corrected chi connectivity index (χ4v) is 3.58. The van der Waals surface area contributed by atoms with Gasteiger partial charge in [-0.25, -0.2) is 9.97 Å². The summed E-state index contributed by atoms with van der Waals surface area (Å²) < 4.78 is 10.9. The van der Waals surface area contributed by atoms with E-state index in [4.69, 9.17) is 9.15 Å². The number of nitrogens with zero attached hydrogens (tertiary/aromatic N) is 3. The molecule has 5 nitrogen and oxygen atoms in total. The molecule has 0 saturated carbocycles. The molecule has 0 amide bonds. The predicted molar refractivity (Wildman–Crippen MR) is 88.0 cm³/mol. The lowest BCUT2D eigenvalue weighted by molar-refractivity contribution is -0.0329. The Bertz CT molecular complexity index is 742. The number of aromatic nitrogens is 2. The Morgan fingerprint density at radius 1 is 1.22 bits per heavy atom. The summed E-state index contributed by atoms with van der Waals surface area (Å²) in [4.78, 5) is 11.2. The van der Waals surface area contributed by atoms with Crippen LogP contribution in [0.3, 0.4) is 0 Å². The van der Waals surface area contributed by atoms with Crippen LogP contribution in [-0.4, -0.2) is 34.6 Å². The van der Waals surface area contributed by atoms with Crippen LogP contribution in [0.25, 0.3) is 11.4 Å². The fraction of sp³-hybridized carbons (Fsp3) is 0.294. The van der Waals surface area contributed by atoms with Crippen LogP contribution in [0.4, 0.5) is 0 Å². The van der Waals surface area contributed by atoms with Crippen LogP contribution < -0.4 is 0 Å². The molecule has 2 aromatic heterocycles. The lowest BCUT2D eigenvalue weighted by Gasteiger charge is -2.31. The van der Waals surface area contributed by atoms with Crippen LogP contribution in [0.5, 0.6) is 0 Å². The maximum atomic E-state index is 5.93. The van der Waals surface area contributed by atoms with E-state index in [9.17, 15) is 0 Å². The van der Waals surface area contributed by atoms with Crippen LogP contribution in [0.1, 0.15) is 16.7 Å². The van der Waals surface area contributed by atoms with E-state index in [1.807, 2.05) is 11.4 Å². The quantitative estimate of drug-likeness (QED) is 0.735. The third-order valence-corrected chi connectivity index (χ3v) is 4.83. The second-order valence-corrected chi connectivity index (χ2v) is 6.41. The molecule has 3 heterocycles. The summed E-state index contributed by atoms with van der Waals surface area (Å²) in [6.45, 7) is 3.49. The smallest absolute Gasteiger partial charge is 0.181 e. The number of morpholine rings is 1. The number of benzene rings is 1. The molecular formula is C17H17N3O2S. The van der Waals surface area contributed by atoms with Gasteiger partial charge in [-0.15, -0.1) is 11.3 Å². The Balaban J connectivity index is 1.45. The molecule has 1 unspecified atom stereocenters. The summed E-state index contributed by atoms with van der Waals surface area (Å²) in [5.74, 6) is 0. The topological polar surface area (TPSA) is 51.4 Å². The second kappa shape index (κ2) is 6.62. The van der Waals surface area contributed by atoms with E-state index in [0.29, 0.717) is 0 Å². The molecule has 4 rings (SSSR count). The van der Waals surface area contributed by atoms with Gasteiger partial charge in [0.1, 0.15) is 28.8 Å². The normalized spacial score (nSPS) is 19.0. The van der Waals surface area contributed by atoms with Crippen molar-refractivity contribution >= 4 is 11.3 Å². The zero-order chi connectivity index (χ0) is 15.5. The van der Waals surface area contributed by atoms with E-state index in [-0.39, 0.29) is 6.10 Å². The Kier molecular flexibility index (Phi) is 4.19. The summed E-state index contributed by atoms with van der Waals surface area (Å²) in [6.07, 6.45) is 3.06. The van der Waals surface area contributed by atoms with Gasteiger partial charge in [0.2, 0.25) is 0 Å². The Morgan fingerprint density at radius 3 is 2.96 bits per heavy atom. The largest absolute Gasteiger partial charge is 0.451 e. The van der Waals surface area contributed by atoms with E-state index in [0.717, 1.165) is 42.6 Å². The van der Waals surface area contributed by atoms with Crippen molar-refractivity contribution in [1.82, 2.24) is 14.9 Å². The van der Waals surface area contributed by atoms with Crippen LogP contribution in [-0.2, 0) is 11.3 Å². The molecule has 1 aliphatic heterocycles. The van der Waals surface area contributed by atoms with Crippen molar-refractivity contribution in [3.05, 3.63) is 58.9 Å². The molecule has 1 saturated heterocycles. The highest BCUT2D eigenvalue weighted by Crippen LogP contribution is 2.29. The van der Waals surface area contributed by atoms with Gasteiger partial charge in [-0.2, -0.15) is 0 Å². The van der Waals surface area contributed by atoms with Gasteiger partial charge in [0.25, 0.3) is 0 Å². The van der Waals surface area contributed by atoms with Crippen LogP contribution in [0.2, 0.25) is 0 Å². The maximum Gasteiger partial charge on any atom is 0.181 e. The number of rotatable bonds is 4. The highest BCUT2D eigenvalue weighted by molar-refractivity contribution is 7.10. The lowest BCUT2D eigenvalue weighted by atomic mass is 10.2. The predicted octanol–water partition coefficient (Wildman–Crippen LogP) is 3.37. The number of hydrogen-bond donors (Lipinski definition) is 0. The van der Waals surface area contributed by atoms with Crippen molar-refractivity contribution in [3.8, 4) is 11.4 Å². The first-order valence-corrected chi connectivity index (χ1v) is 8.48. The van der Waals surface area contributed by atoms with Crippen molar-refractivity contribution in [3.63, 3.8) is 0 Å². The number of ether oxygens (including phenoxy) is 1. The van der Waals surface area contributed by atoms with Gasteiger partial charge in [0.15, 0.2) is 6.39 Å². The van der Waals surface area contributed by atoms with Crippen molar-refractivity contribution in [2.45, 2.75) is 12.6 Å². The molecule has 0 bridgehead atoms. The van der Waals surface area contributed by atoms with Crippen molar-refractivity contribution in [1.29, 1.82) is 0 Å². The molecule has 1 fully saturated rings. The molecule has 118 valence electrons. The van der Waals surface area contributed by atoms with Crippen LogP contribution in [0, 0.1) is 0 Å². The molecule has 1 atom stereocenters. The molecular weight excluding hydrogens is 310 g/mol. The fourth-order valence-electron chi connectivity index (χ4n) is 2.73. The lowest BCUT2D eigenvalue weighted by Crippen LogP contribution is -2.37. The standard InChI is InChI=1S/C17H17N3O2S/c1-2-4-13(5-3-1)8-20-6-7-22-16(9-20)17-19-15(11-23-17)14-10-21-12-18-14/h1-5,10-12,16H,6-9H2. The minimum Gasteiger partial charge on any atom is -0.451 e. The highest BCUT2D eigenvalue weighted by Gasteiger charge is 2.25. The molecule has 0 spiro atoms. The first kappa shape index (κ1) is 14.6. The van der Waals surface area contributed by atoms with Gasteiger partial charge in [-0.1, -0.05) is 30.3 Å². The average Bonchev–Trinajstić information content (AvgIpc) is 3.28. The van der Waals surface area contributed by atoms with E-state index in [2.05, 4.69) is 39.1 Å². The molecule has 0 aliphatic carbocycles. The molecule has 23 heavy (non-hydrogen) atoms. The summed E-state index contributed by atoms with van der Waals surface area (Å²) in [7, 11) is 0. The molecule has 1 aromatic carbocycles. The van der Waals surface area contributed by atoms with Crippen molar-refractivity contribution in [2.75, 3.05) is 19.7 Å². The SMILES string of the molecule is c1ccc(CN2CCOC(c3nc(-c4cocn4)cs3)C2)cc1. The average molecular weight is 327 g/mol. The third-order valence-electron chi connectivity index (χ3n) is 3.89. The number of hydrogen-bond acceptors (Lipinski definition) is 6. The monoisotopic (exact) mass is 327 g/mol. The zero-order valence-corrected chi connectivity index (χ0v) is 13.4. The molecule has 3 aromatic rings. The summed E-state index contributed by atoms with van der Waals surface area (Å²) in [5.41, 5.74) is 2.95. The van der Waals surface area contributed by atoms with E-state index >= 15 is 0 Å². The van der Waals surface area contributed by atoms with Crippen molar-refractivity contribution in [2.24, 2.45) is 0 Å². The minimum atomic E-state index is 0.0260. The van der Waals surface area contributed by atoms with E-state index in [1.54, 1.807) is 17.6 Å². The number of thiazole rings is 1. The Morgan fingerprint density at radius 2 is 2.13 bits per heavy atom. The van der Waals surface area contributed by atoms with Crippen molar-refractivity contribution < 1.29 is 9.15 Å². The molecule has 1 aliphatic rings. The summed E-state index contributed by atoms with van der Waals surface area (Å²) in [6, 6.07) is 10.5. The minimum absolute atomic E-state index is 0.0260. The second-order valence-electron chi connectivity index (χ2n) is 5.52. The molecule has 0 N–H and O–H groups in total. The van der Waals surface area contributed by atoms with Gasteiger partial charge < -0.3 is 9.15 Å². The molecule has 6 heteroatoms. The molecule has 0 radical (unpaired) electrons. The Labute approximate surface area is 138 Å². The first-order chi connectivity index (χ1) is 11.4. The van der Waals surface area contributed by atoms with Crippen LogP contribution in [0.15, 0.2) is 52.8 Å². The number of oxazole rings is 1.